The van der Waals surface area contributed by atoms with Crippen LogP contribution in [0.2, 0.25) is 0 Å². The lowest BCUT2D eigenvalue weighted by atomic mass is 9.98. The number of ether oxygens (including phenoxy) is 1. The molecule has 1 aliphatic heterocycles. The van der Waals surface area contributed by atoms with Gasteiger partial charge < -0.3 is 15.4 Å². The van der Waals surface area contributed by atoms with Crippen molar-refractivity contribution in [2.75, 3.05) is 19.7 Å². The fourth-order valence-electron chi connectivity index (χ4n) is 2.88. The van der Waals surface area contributed by atoms with Gasteiger partial charge in [0.15, 0.2) is 0 Å². The van der Waals surface area contributed by atoms with E-state index in [4.69, 9.17) is 10.5 Å². The quantitative estimate of drug-likeness (QED) is 0.899. The fourth-order valence-corrected chi connectivity index (χ4v) is 2.88. The number of primary amides is 1. The topological polar surface area (TPSA) is 72.6 Å². The molecule has 1 saturated heterocycles. The van der Waals surface area contributed by atoms with Crippen molar-refractivity contribution in [3.63, 3.8) is 0 Å². The first kappa shape index (κ1) is 14.9. The molecule has 1 aliphatic carbocycles. The van der Waals surface area contributed by atoms with Gasteiger partial charge in [0.05, 0.1) is 12.5 Å². The maximum atomic E-state index is 12.5. The van der Waals surface area contributed by atoms with E-state index in [0.29, 0.717) is 24.6 Å². The maximum absolute atomic E-state index is 12.5. The molecule has 2 amide bonds. The van der Waals surface area contributed by atoms with Crippen molar-refractivity contribution in [2.24, 2.45) is 23.5 Å². The van der Waals surface area contributed by atoms with Crippen molar-refractivity contribution >= 4 is 11.8 Å². The molecule has 1 aromatic rings. The summed E-state index contributed by atoms with van der Waals surface area (Å²) in [7, 11) is 0. The summed E-state index contributed by atoms with van der Waals surface area (Å²) in [5, 5.41) is 0. The lowest BCUT2D eigenvalue weighted by molar-refractivity contribution is -0.122. The van der Waals surface area contributed by atoms with Crippen LogP contribution in [0.1, 0.15) is 30.1 Å². The summed E-state index contributed by atoms with van der Waals surface area (Å²) in [5.74, 6) is 0.995. The summed E-state index contributed by atoms with van der Waals surface area (Å²) in [6, 6.07) is 7.24. The van der Waals surface area contributed by atoms with Gasteiger partial charge in [-0.3, -0.25) is 9.59 Å². The average molecular weight is 302 g/mol. The van der Waals surface area contributed by atoms with Crippen molar-refractivity contribution in [1.82, 2.24) is 4.90 Å². The largest absolute Gasteiger partial charge is 0.493 e. The summed E-state index contributed by atoms with van der Waals surface area (Å²) < 4.78 is 5.67. The van der Waals surface area contributed by atoms with E-state index in [1.165, 1.54) is 12.8 Å². The zero-order valence-corrected chi connectivity index (χ0v) is 12.8. The summed E-state index contributed by atoms with van der Waals surface area (Å²) in [6.07, 6.45) is 2.51. The maximum Gasteiger partial charge on any atom is 0.253 e. The van der Waals surface area contributed by atoms with Crippen LogP contribution in [0.3, 0.4) is 0 Å². The number of rotatable bonds is 5. The van der Waals surface area contributed by atoms with E-state index in [-0.39, 0.29) is 23.7 Å². The minimum atomic E-state index is -0.327. The van der Waals surface area contributed by atoms with Crippen LogP contribution in [0.4, 0.5) is 0 Å². The molecule has 5 nitrogen and oxygen atoms in total. The Balaban J connectivity index is 1.61. The van der Waals surface area contributed by atoms with E-state index in [2.05, 4.69) is 0 Å². The SMILES string of the molecule is C[C@@H]1CN(C(=O)c2ccc(OCC3CC3)cc2)C[C@H]1C(N)=O. The molecule has 2 aliphatic rings. The van der Waals surface area contributed by atoms with E-state index in [0.717, 1.165) is 12.4 Å². The zero-order chi connectivity index (χ0) is 15.7. The summed E-state index contributed by atoms with van der Waals surface area (Å²) in [6.45, 7) is 3.70. The summed E-state index contributed by atoms with van der Waals surface area (Å²) in [5.41, 5.74) is 6.00. The van der Waals surface area contributed by atoms with Crippen LogP contribution in [-0.2, 0) is 4.79 Å². The Kier molecular flexibility index (Phi) is 4.05. The monoisotopic (exact) mass is 302 g/mol. The molecule has 0 radical (unpaired) electrons. The number of nitrogens with two attached hydrogens (primary N) is 1. The van der Waals surface area contributed by atoms with E-state index in [1.54, 1.807) is 17.0 Å². The van der Waals surface area contributed by atoms with E-state index in [1.807, 2.05) is 19.1 Å². The second kappa shape index (κ2) is 5.99. The number of nitrogens with zero attached hydrogens (tertiary/aromatic N) is 1. The van der Waals surface area contributed by atoms with Gasteiger partial charge in [-0.2, -0.15) is 0 Å². The van der Waals surface area contributed by atoms with Gasteiger partial charge in [0.1, 0.15) is 5.75 Å². The third kappa shape index (κ3) is 3.24. The van der Waals surface area contributed by atoms with Gasteiger partial charge in [-0.25, -0.2) is 0 Å². The number of hydrogen-bond acceptors (Lipinski definition) is 3. The van der Waals surface area contributed by atoms with Crippen molar-refractivity contribution in [3.05, 3.63) is 29.8 Å². The highest BCUT2D eigenvalue weighted by molar-refractivity contribution is 5.95. The highest BCUT2D eigenvalue weighted by Gasteiger charge is 2.36. The number of benzene rings is 1. The predicted octanol–water partition coefficient (Wildman–Crippen LogP) is 1.67. The second-order valence-corrected chi connectivity index (χ2v) is 6.48. The molecule has 2 atom stereocenters. The van der Waals surface area contributed by atoms with Crippen LogP contribution in [0.5, 0.6) is 5.75 Å². The predicted molar refractivity (Wildman–Crippen MR) is 82.4 cm³/mol. The number of likely N-dealkylation sites (tertiary alicyclic amines) is 1. The van der Waals surface area contributed by atoms with Crippen molar-refractivity contribution < 1.29 is 14.3 Å². The van der Waals surface area contributed by atoms with E-state index >= 15 is 0 Å². The first-order chi connectivity index (χ1) is 10.5. The molecule has 1 heterocycles. The molecule has 5 heteroatoms. The van der Waals surface area contributed by atoms with E-state index < -0.39 is 0 Å². The number of carbonyl (C=O) groups is 2. The molecule has 0 unspecified atom stereocenters. The molecule has 0 spiro atoms. The van der Waals surface area contributed by atoms with Crippen LogP contribution in [0.25, 0.3) is 0 Å². The van der Waals surface area contributed by atoms with Crippen LogP contribution in [0.15, 0.2) is 24.3 Å². The molecular formula is C17H22N2O3. The van der Waals surface area contributed by atoms with Crippen molar-refractivity contribution in [1.29, 1.82) is 0 Å². The molecule has 0 bridgehead atoms. The highest BCUT2D eigenvalue weighted by Crippen LogP contribution is 2.30. The van der Waals surface area contributed by atoms with Crippen molar-refractivity contribution in [3.8, 4) is 5.75 Å². The van der Waals surface area contributed by atoms with Gasteiger partial charge >= 0.3 is 0 Å². The Morgan fingerprint density at radius 2 is 1.91 bits per heavy atom. The molecule has 118 valence electrons. The Labute approximate surface area is 130 Å². The molecule has 2 N–H and O–H groups in total. The minimum absolute atomic E-state index is 0.0515. The van der Waals surface area contributed by atoms with Gasteiger partial charge in [0.2, 0.25) is 5.91 Å². The number of carbonyl (C=O) groups excluding carboxylic acids is 2. The fraction of sp³-hybridized carbons (Fsp3) is 0.529. The molecule has 0 aromatic heterocycles. The molecule has 2 fully saturated rings. The van der Waals surface area contributed by atoms with Crippen molar-refractivity contribution in [2.45, 2.75) is 19.8 Å². The normalized spacial score (nSPS) is 24.3. The molecule has 1 saturated carbocycles. The van der Waals surface area contributed by atoms with Crippen LogP contribution in [-0.4, -0.2) is 36.4 Å². The first-order valence-electron chi connectivity index (χ1n) is 7.86. The lowest BCUT2D eigenvalue weighted by Crippen LogP contribution is -2.31. The van der Waals surface area contributed by atoms with Gasteiger partial charge in [0, 0.05) is 18.7 Å². The summed E-state index contributed by atoms with van der Waals surface area (Å²) >= 11 is 0. The van der Waals surface area contributed by atoms with Gasteiger partial charge in [-0.1, -0.05) is 6.92 Å². The van der Waals surface area contributed by atoms with Gasteiger partial charge in [0.25, 0.3) is 5.91 Å². The molecule has 3 rings (SSSR count). The summed E-state index contributed by atoms with van der Waals surface area (Å²) in [4.78, 5) is 25.6. The first-order valence-corrected chi connectivity index (χ1v) is 7.86. The Morgan fingerprint density at radius 3 is 2.45 bits per heavy atom. The smallest absolute Gasteiger partial charge is 0.253 e. The second-order valence-electron chi connectivity index (χ2n) is 6.48. The Hall–Kier alpha value is -2.04. The average Bonchev–Trinajstić information content (AvgIpc) is 3.25. The zero-order valence-electron chi connectivity index (χ0n) is 12.8. The highest BCUT2D eigenvalue weighted by atomic mass is 16.5. The molecule has 1 aromatic carbocycles. The van der Waals surface area contributed by atoms with Gasteiger partial charge in [-0.05, 0) is 48.9 Å². The third-order valence-electron chi connectivity index (χ3n) is 4.55. The van der Waals surface area contributed by atoms with Crippen LogP contribution >= 0.6 is 0 Å². The lowest BCUT2D eigenvalue weighted by Gasteiger charge is -2.16. The van der Waals surface area contributed by atoms with Crippen LogP contribution in [0, 0.1) is 17.8 Å². The Bertz CT molecular complexity index is 566. The van der Waals surface area contributed by atoms with Gasteiger partial charge in [-0.15, -0.1) is 0 Å². The van der Waals surface area contributed by atoms with Crippen LogP contribution < -0.4 is 10.5 Å². The Morgan fingerprint density at radius 1 is 1.23 bits per heavy atom. The molecular weight excluding hydrogens is 280 g/mol. The molecule has 22 heavy (non-hydrogen) atoms. The number of amides is 2. The number of hydrogen-bond donors (Lipinski definition) is 1. The van der Waals surface area contributed by atoms with E-state index in [9.17, 15) is 9.59 Å². The third-order valence-corrected chi connectivity index (χ3v) is 4.55. The standard InChI is InChI=1S/C17H22N2O3/c1-11-8-19(9-15(11)16(18)20)17(21)13-4-6-14(7-5-13)22-10-12-2-3-12/h4-7,11-12,15H,2-3,8-10H2,1H3,(H2,18,20)/t11-,15-/m1/s1. The minimum Gasteiger partial charge on any atom is -0.493 e.